The lowest BCUT2D eigenvalue weighted by atomic mass is 9.93. The maximum atomic E-state index is 5.79. The molecule has 18 heavy (non-hydrogen) atoms. The molecule has 1 unspecified atom stereocenters. The second-order valence-corrected chi connectivity index (χ2v) is 5.96. The van der Waals surface area contributed by atoms with Gasteiger partial charge < -0.3 is 14.3 Å². The van der Waals surface area contributed by atoms with Crippen LogP contribution in [-0.4, -0.2) is 21.8 Å². The molecule has 0 amide bonds. The van der Waals surface area contributed by atoms with Crippen LogP contribution in [0, 0.1) is 4.77 Å². The van der Waals surface area contributed by atoms with Crippen LogP contribution in [0.3, 0.4) is 0 Å². The van der Waals surface area contributed by atoms with E-state index in [1.807, 2.05) is 6.07 Å². The summed E-state index contributed by atoms with van der Waals surface area (Å²) in [6.07, 6.45) is 2.03. The fraction of sp³-hybridized carbons (Fsp3) is 0.500. The summed E-state index contributed by atoms with van der Waals surface area (Å²) in [6.45, 7) is 5.11. The molecule has 1 N–H and O–H groups in total. The van der Waals surface area contributed by atoms with Gasteiger partial charge in [0.2, 0.25) is 0 Å². The lowest BCUT2D eigenvalue weighted by molar-refractivity contribution is -0.0687. The van der Waals surface area contributed by atoms with E-state index in [2.05, 4.69) is 41.6 Å². The summed E-state index contributed by atoms with van der Waals surface area (Å²) in [6, 6.07) is 8.73. The molecule has 96 valence electrons. The van der Waals surface area contributed by atoms with Crippen molar-refractivity contribution in [1.82, 2.24) is 9.55 Å². The van der Waals surface area contributed by atoms with Crippen molar-refractivity contribution in [1.29, 1.82) is 0 Å². The van der Waals surface area contributed by atoms with Crippen LogP contribution >= 0.6 is 12.2 Å². The number of hydrogen-bond acceptors (Lipinski definition) is 2. The number of nitrogens with zero attached hydrogens (tertiary/aromatic N) is 1. The Labute approximate surface area is 112 Å². The molecule has 1 aliphatic rings. The lowest BCUT2D eigenvalue weighted by Crippen LogP contribution is -2.35. The topological polar surface area (TPSA) is 29.9 Å². The standard InChI is InChI=1S/C14H18N2OS/c1-14(2)9-10(7-8-17-14)16-12-6-4-3-5-11(12)15-13(16)18/h3-6,10H,7-9H2,1-2H3,(H,15,18). The number of H-pyrrole nitrogens is 1. The Morgan fingerprint density at radius 3 is 2.94 bits per heavy atom. The summed E-state index contributed by atoms with van der Waals surface area (Å²) in [5, 5.41) is 0. The summed E-state index contributed by atoms with van der Waals surface area (Å²) in [5.41, 5.74) is 2.26. The van der Waals surface area contributed by atoms with Crippen LogP contribution in [0.2, 0.25) is 0 Å². The highest BCUT2D eigenvalue weighted by Crippen LogP contribution is 2.34. The number of para-hydroxylation sites is 2. The molecule has 3 nitrogen and oxygen atoms in total. The van der Waals surface area contributed by atoms with Crippen LogP contribution in [0.15, 0.2) is 24.3 Å². The molecule has 1 aromatic heterocycles. The summed E-state index contributed by atoms with van der Waals surface area (Å²) in [4.78, 5) is 3.29. The highest BCUT2D eigenvalue weighted by molar-refractivity contribution is 7.71. The zero-order chi connectivity index (χ0) is 12.8. The van der Waals surface area contributed by atoms with E-state index in [-0.39, 0.29) is 5.60 Å². The first-order valence-corrected chi connectivity index (χ1v) is 6.81. The molecule has 0 bridgehead atoms. The van der Waals surface area contributed by atoms with Gasteiger partial charge >= 0.3 is 0 Å². The van der Waals surface area contributed by atoms with Gasteiger partial charge in [-0.2, -0.15) is 0 Å². The fourth-order valence-electron chi connectivity index (χ4n) is 2.86. The molecular weight excluding hydrogens is 244 g/mol. The Kier molecular flexibility index (Phi) is 2.79. The van der Waals surface area contributed by atoms with Gasteiger partial charge in [-0.15, -0.1) is 0 Å². The first-order chi connectivity index (χ1) is 8.57. The number of hydrogen-bond donors (Lipinski definition) is 1. The van der Waals surface area contributed by atoms with Crippen molar-refractivity contribution in [2.24, 2.45) is 0 Å². The van der Waals surface area contributed by atoms with Crippen molar-refractivity contribution >= 4 is 23.3 Å². The summed E-state index contributed by atoms with van der Waals surface area (Å²) < 4.78 is 8.87. The molecule has 0 radical (unpaired) electrons. The normalized spacial score (nSPS) is 23.3. The van der Waals surface area contributed by atoms with Crippen molar-refractivity contribution in [2.75, 3.05) is 6.61 Å². The predicted molar refractivity (Wildman–Crippen MR) is 75.4 cm³/mol. The SMILES string of the molecule is CC1(C)CC(n2c(=S)[nH]c3ccccc32)CCO1. The average molecular weight is 262 g/mol. The first kappa shape index (κ1) is 11.9. The Balaban J connectivity index is 2.09. The van der Waals surface area contributed by atoms with E-state index in [0.717, 1.165) is 29.7 Å². The van der Waals surface area contributed by atoms with Gasteiger partial charge in [0.25, 0.3) is 0 Å². The molecule has 1 atom stereocenters. The van der Waals surface area contributed by atoms with Crippen molar-refractivity contribution in [3.63, 3.8) is 0 Å². The lowest BCUT2D eigenvalue weighted by Gasteiger charge is -2.36. The minimum atomic E-state index is -0.0595. The number of nitrogens with one attached hydrogen (secondary N) is 1. The zero-order valence-electron chi connectivity index (χ0n) is 10.8. The highest BCUT2D eigenvalue weighted by atomic mass is 32.1. The summed E-state index contributed by atoms with van der Waals surface area (Å²) >= 11 is 5.48. The number of ether oxygens (including phenoxy) is 1. The Morgan fingerprint density at radius 1 is 1.39 bits per heavy atom. The number of benzene rings is 1. The van der Waals surface area contributed by atoms with E-state index in [1.54, 1.807) is 0 Å². The first-order valence-electron chi connectivity index (χ1n) is 6.40. The van der Waals surface area contributed by atoms with Crippen LogP contribution in [0.5, 0.6) is 0 Å². The monoisotopic (exact) mass is 262 g/mol. The molecule has 0 saturated carbocycles. The van der Waals surface area contributed by atoms with E-state index < -0.39 is 0 Å². The van der Waals surface area contributed by atoms with E-state index in [4.69, 9.17) is 17.0 Å². The van der Waals surface area contributed by atoms with Crippen molar-refractivity contribution < 1.29 is 4.74 Å². The second-order valence-electron chi connectivity index (χ2n) is 5.57. The molecule has 2 aromatic rings. The van der Waals surface area contributed by atoms with Crippen molar-refractivity contribution in [3.05, 3.63) is 29.0 Å². The third-order valence-electron chi connectivity index (χ3n) is 3.66. The van der Waals surface area contributed by atoms with E-state index in [9.17, 15) is 0 Å². The molecule has 1 saturated heterocycles. The predicted octanol–water partition coefficient (Wildman–Crippen LogP) is 3.83. The maximum Gasteiger partial charge on any atom is 0.178 e. The zero-order valence-corrected chi connectivity index (χ0v) is 11.6. The number of aromatic nitrogens is 2. The number of imidazole rings is 1. The third kappa shape index (κ3) is 1.99. The van der Waals surface area contributed by atoms with Gasteiger partial charge in [-0.1, -0.05) is 12.1 Å². The van der Waals surface area contributed by atoms with Gasteiger partial charge in [-0.05, 0) is 51.0 Å². The molecule has 2 heterocycles. The highest BCUT2D eigenvalue weighted by Gasteiger charge is 2.30. The fourth-order valence-corrected chi connectivity index (χ4v) is 3.21. The third-order valence-corrected chi connectivity index (χ3v) is 3.96. The summed E-state index contributed by atoms with van der Waals surface area (Å²) in [7, 11) is 0. The molecule has 0 spiro atoms. The largest absolute Gasteiger partial charge is 0.375 e. The number of aromatic amines is 1. The van der Waals surface area contributed by atoms with Crippen LogP contribution in [0.25, 0.3) is 11.0 Å². The quantitative estimate of drug-likeness (QED) is 0.792. The van der Waals surface area contributed by atoms with Crippen LogP contribution in [0.4, 0.5) is 0 Å². The maximum absolute atomic E-state index is 5.79. The smallest absolute Gasteiger partial charge is 0.178 e. The molecule has 0 aliphatic carbocycles. The Bertz CT molecular complexity index is 626. The minimum Gasteiger partial charge on any atom is -0.375 e. The molecule has 1 aromatic carbocycles. The second kappa shape index (κ2) is 4.21. The van der Waals surface area contributed by atoms with Crippen LogP contribution < -0.4 is 0 Å². The van der Waals surface area contributed by atoms with Gasteiger partial charge in [-0.25, -0.2) is 0 Å². The van der Waals surface area contributed by atoms with Crippen LogP contribution in [-0.2, 0) is 4.74 Å². The number of fused-ring (bicyclic) bond motifs is 1. The van der Waals surface area contributed by atoms with Gasteiger partial charge in [0.05, 0.1) is 16.6 Å². The van der Waals surface area contributed by atoms with Gasteiger partial charge in [0, 0.05) is 12.6 Å². The minimum absolute atomic E-state index is 0.0595. The molecule has 1 fully saturated rings. The summed E-state index contributed by atoms with van der Waals surface area (Å²) in [5.74, 6) is 0. The van der Waals surface area contributed by atoms with Gasteiger partial charge in [-0.3, -0.25) is 0 Å². The van der Waals surface area contributed by atoms with E-state index in [1.165, 1.54) is 5.52 Å². The van der Waals surface area contributed by atoms with E-state index in [0.29, 0.717) is 6.04 Å². The molecule has 3 rings (SSSR count). The molecule has 4 heteroatoms. The van der Waals surface area contributed by atoms with Crippen molar-refractivity contribution in [3.8, 4) is 0 Å². The van der Waals surface area contributed by atoms with E-state index >= 15 is 0 Å². The van der Waals surface area contributed by atoms with Gasteiger partial charge in [0.15, 0.2) is 4.77 Å². The Hall–Kier alpha value is -1.13. The molecular formula is C14H18N2OS. The van der Waals surface area contributed by atoms with Gasteiger partial charge in [0.1, 0.15) is 0 Å². The van der Waals surface area contributed by atoms with Crippen molar-refractivity contribution in [2.45, 2.75) is 38.3 Å². The Morgan fingerprint density at radius 2 is 2.17 bits per heavy atom. The van der Waals surface area contributed by atoms with Crippen LogP contribution in [0.1, 0.15) is 32.7 Å². The average Bonchev–Trinajstić information content (AvgIpc) is 2.63. The molecule has 1 aliphatic heterocycles. The number of rotatable bonds is 1.